The van der Waals surface area contributed by atoms with Crippen LogP contribution in [0.5, 0.6) is 0 Å². The number of carbonyl (C=O) groups is 1. The maximum absolute atomic E-state index is 12.6. The van der Waals surface area contributed by atoms with Crippen molar-refractivity contribution >= 4 is 53.5 Å². The number of nitrogens with zero attached hydrogens (tertiary/aromatic N) is 2. The minimum absolute atomic E-state index is 0. The fourth-order valence-corrected chi connectivity index (χ4v) is 3.20. The van der Waals surface area contributed by atoms with Gasteiger partial charge in [-0.25, -0.2) is 4.99 Å². The molecule has 0 radical (unpaired) electrons. The first-order chi connectivity index (χ1) is 12.3. The Morgan fingerprint density at radius 1 is 1.22 bits per heavy atom. The molecular formula is C19H20Cl3N3O2. The third-order valence-electron chi connectivity index (χ3n) is 4.18. The lowest BCUT2D eigenvalue weighted by atomic mass is 10.1. The molecule has 2 aromatic carbocycles. The van der Waals surface area contributed by atoms with E-state index in [1.54, 1.807) is 18.5 Å². The van der Waals surface area contributed by atoms with E-state index < -0.39 is 12.1 Å². The van der Waals surface area contributed by atoms with Gasteiger partial charge in [0.05, 0.1) is 34.2 Å². The molecule has 27 heavy (non-hydrogen) atoms. The van der Waals surface area contributed by atoms with E-state index in [-0.39, 0.29) is 18.3 Å². The van der Waals surface area contributed by atoms with Gasteiger partial charge in [-0.05, 0) is 41.5 Å². The van der Waals surface area contributed by atoms with E-state index in [1.165, 1.54) is 6.07 Å². The number of aliphatic hydroxyl groups excluding tert-OH is 1. The van der Waals surface area contributed by atoms with Gasteiger partial charge in [0.1, 0.15) is 0 Å². The summed E-state index contributed by atoms with van der Waals surface area (Å²) >= 11 is 11.9. The van der Waals surface area contributed by atoms with Gasteiger partial charge in [0.15, 0.2) is 0 Å². The van der Waals surface area contributed by atoms with Crippen molar-refractivity contribution in [2.75, 3.05) is 14.1 Å². The molecule has 0 aliphatic heterocycles. The average Bonchev–Trinajstić information content (AvgIpc) is 2.90. The molecule has 144 valence electrons. The summed E-state index contributed by atoms with van der Waals surface area (Å²) in [6.07, 6.45) is 1.50. The first kappa shape index (κ1) is 21.5. The van der Waals surface area contributed by atoms with Crippen LogP contribution in [0.1, 0.15) is 27.5 Å². The Balaban J connectivity index is 0.00000261. The molecule has 0 heterocycles. The Morgan fingerprint density at radius 3 is 2.63 bits per heavy atom. The first-order valence-corrected chi connectivity index (χ1v) is 8.88. The standard InChI is InChI=1S/C19H19Cl2N3O2.ClH/c1-24(2)10-22-13-5-3-11-8-17(25)18(14(11)9-13)23-19(26)12-4-6-15(20)16(21)7-12;/h3-7,9-10,17-18,25H,8H2,1-2H3,(H,23,26);1H. The Morgan fingerprint density at radius 2 is 1.96 bits per heavy atom. The highest BCUT2D eigenvalue weighted by Crippen LogP contribution is 2.34. The second-order valence-electron chi connectivity index (χ2n) is 6.44. The second-order valence-corrected chi connectivity index (χ2v) is 7.26. The topological polar surface area (TPSA) is 64.9 Å². The molecular weight excluding hydrogens is 409 g/mol. The summed E-state index contributed by atoms with van der Waals surface area (Å²) in [5, 5.41) is 14.0. The number of rotatable bonds is 4. The monoisotopic (exact) mass is 427 g/mol. The second kappa shape index (κ2) is 8.93. The molecule has 3 rings (SSSR count). The summed E-state index contributed by atoms with van der Waals surface area (Å²) in [4.78, 5) is 18.8. The zero-order chi connectivity index (χ0) is 18.8. The van der Waals surface area contributed by atoms with Crippen LogP contribution in [0.15, 0.2) is 41.4 Å². The predicted molar refractivity (Wildman–Crippen MR) is 112 cm³/mol. The molecule has 0 bridgehead atoms. The highest BCUT2D eigenvalue weighted by Gasteiger charge is 2.32. The fourth-order valence-electron chi connectivity index (χ4n) is 2.91. The number of halogens is 3. The molecule has 1 aliphatic carbocycles. The Labute approximate surface area is 174 Å². The largest absolute Gasteiger partial charge is 0.390 e. The van der Waals surface area contributed by atoms with Crippen molar-refractivity contribution in [2.24, 2.45) is 4.99 Å². The van der Waals surface area contributed by atoms with E-state index in [0.717, 1.165) is 16.8 Å². The average molecular weight is 429 g/mol. The van der Waals surface area contributed by atoms with Crippen LogP contribution < -0.4 is 5.32 Å². The zero-order valence-corrected chi connectivity index (χ0v) is 17.1. The van der Waals surface area contributed by atoms with Gasteiger partial charge in [0, 0.05) is 26.1 Å². The van der Waals surface area contributed by atoms with E-state index in [0.29, 0.717) is 22.0 Å². The molecule has 2 atom stereocenters. The van der Waals surface area contributed by atoms with Crippen LogP contribution in [0.3, 0.4) is 0 Å². The molecule has 2 N–H and O–H groups in total. The van der Waals surface area contributed by atoms with Gasteiger partial charge in [0.25, 0.3) is 5.91 Å². The quantitative estimate of drug-likeness (QED) is 0.571. The molecule has 2 aromatic rings. The summed E-state index contributed by atoms with van der Waals surface area (Å²) in [5.41, 5.74) is 3.03. The van der Waals surface area contributed by atoms with Crippen molar-refractivity contribution in [3.8, 4) is 0 Å². The lowest BCUT2D eigenvalue weighted by molar-refractivity contribution is 0.0858. The normalized spacial score (nSPS) is 18.1. The van der Waals surface area contributed by atoms with Crippen molar-refractivity contribution in [1.29, 1.82) is 0 Å². The number of hydrogen-bond donors (Lipinski definition) is 2. The number of amides is 1. The number of benzene rings is 2. The fraction of sp³-hybridized carbons (Fsp3) is 0.263. The maximum Gasteiger partial charge on any atom is 0.251 e. The zero-order valence-electron chi connectivity index (χ0n) is 14.8. The number of hydrogen-bond acceptors (Lipinski definition) is 3. The molecule has 1 aliphatic rings. The van der Waals surface area contributed by atoms with Crippen molar-refractivity contribution < 1.29 is 9.90 Å². The Bertz CT molecular complexity index is 871. The van der Waals surface area contributed by atoms with Gasteiger partial charge < -0.3 is 15.3 Å². The molecule has 1 amide bonds. The van der Waals surface area contributed by atoms with Gasteiger partial charge >= 0.3 is 0 Å². The van der Waals surface area contributed by atoms with E-state index in [2.05, 4.69) is 10.3 Å². The molecule has 2 unspecified atom stereocenters. The van der Waals surface area contributed by atoms with E-state index in [4.69, 9.17) is 23.2 Å². The van der Waals surface area contributed by atoms with E-state index in [1.807, 2.05) is 37.2 Å². The third-order valence-corrected chi connectivity index (χ3v) is 4.92. The van der Waals surface area contributed by atoms with Gasteiger partial charge in [-0.3, -0.25) is 4.79 Å². The molecule has 5 nitrogen and oxygen atoms in total. The number of fused-ring (bicyclic) bond motifs is 1. The molecule has 0 fully saturated rings. The Kier molecular flexibility index (Phi) is 7.12. The summed E-state index contributed by atoms with van der Waals surface area (Å²) in [5.74, 6) is -0.317. The van der Waals surface area contributed by atoms with Crippen LogP contribution in [-0.2, 0) is 6.42 Å². The van der Waals surface area contributed by atoms with E-state index >= 15 is 0 Å². The SMILES string of the molecule is CN(C)C=Nc1ccc2c(c1)C(NC(=O)c1ccc(Cl)c(Cl)c1)C(O)C2.Cl. The van der Waals surface area contributed by atoms with Crippen LogP contribution in [0.25, 0.3) is 0 Å². The maximum atomic E-state index is 12.6. The van der Waals surface area contributed by atoms with Crippen LogP contribution in [0.4, 0.5) is 5.69 Å². The number of aliphatic hydroxyl groups is 1. The highest BCUT2D eigenvalue weighted by molar-refractivity contribution is 6.42. The molecule has 0 spiro atoms. The van der Waals surface area contributed by atoms with Crippen LogP contribution in [0, 0.1) is 0 Å². The lowest BCUT2D eigenvalue weighted by Crippen LogP contribution is -2.33. The number of aliphatic imine (C=N–C) groups is 1. The van der Waals surface area contributed by atoms with Crippen molar-refractivity contribution in [3.05, 3.63) is 63.1 Å². The summed E-state index contributed by atoms with van der Waals surface area (Å²) in [7, 11) is 3.78. The third kappa shape index (κ3) is 4.93. The van der Waals surface area contributed by atoms with Crippen LogP contribution >= 0.6 is 35.6 Å². The predicted octanol–water partition coefficient (Wildman–Crippen LogP) is 4.02. The van der Waals surface area contributed by atoms with Gasteiger partial charge in [-0.15, -0.1) is 12.4 Å². The first-order valence-electron chi connectivity index (χ1n) is 8.12. The minimum atomic E-state index is -0.690. The van der Waals surface area contributed by atoms with Crippen LogP contribution in [0.2, 0.25) is 10.0 Å². The lowest BCUT2D eigenvalue weighted by Gasteiger charge is -2.18. The summed E-state index contributed by atoms with van der Waals surface area (Å²) < 4.78 is 0. The number of carbonyl (C=O) groups excluding carboxylic acids is 1. The molecule has 0 saturated heterocycles. The van der Waals surface area contributed by atoms with E-state index in [9.17, 15) is 9.90 Å². The van der Waals surface area contributed by atoms with Crippen molar-refractivity contribution in [3.63, 3.8) is 0 Å². The summed E-state index contributed by atoms with van der Waals surface area (Å²) in [6, 6.07) is 9.92. The summed E-state index contributed by atoms with van der Waals surface area (Å²) in [6.45, 7) is 0. The molecule has 0 saturated carbocycles. The Hall–Kier alpha value is -1.79. The van der Waals surface area contributed by atoms with Crippen molar-refractivity contribution in [1.82, 2.24) is 10.2 Å². The van der Waals surface area contributed by atoms with Crippen LogP contribution in [-0.4, -0.2) is 42.5 Å². The number of nitrogens with one attached hydrogen (secondary N) is 1. The molecule has 0 aromatic heterocycles. The smallest absolute Gasteiger partial charge is 0.251 e. The van der Waals surface area contributed by atoms with Crippen molar-refractivity contribution in [2.45, 2.75) is 18.6 Å². The van der Waals surface area contributed by atoms with Gasteiger partial charge in [-0.1, -0.05) is 29.3 Å². The van der Waals surface area contributed by atoms with Gasteiger partial charge in [0.2, 0.25) is 0 Å². The highest BCUT2D eigenvalue weighted by atomic mass is 35.5. The molecule has 8 heteroatoms. The van der Waals surface area contributed by atoms with Gasteiger partial charge in [-0.2, -0.15) is 0 Å². The minimum Gasteiger partial charge on any atom is -0.390 e.